The molecule has 0 amide bonds. The van der Waals surface area contributed by atoms with Crippen LogP contribution in [-0.2, 0) is 0 Å². The molecule has 3 rings (SSSR count). The molecule has 0 unspecified atom stereocenters. The highest BCUT2D eigenvalue weighted by Gasteiger charge is 2.13. The van der Waals surface area contributed by atoms with Crippen LogP contribution in [0, 0.1) is 6.92 Å². The van der Waals surface area contributed by atoms with Crippen molar-refractivity contribution in [3.05, 3.63) is 48.2 Å². The van der Waals surface area contributed by atoms with E-state index in [2.05, 4.69) is 11.1 Å². The SMILES string of the molecule is COc1c(O)ccc(-c2c[nH]c3ccccc23)c1C. The number of ether oxygens (including phenoxy) is 1. The maximum atomic E-state index is 9.79. The summed E-state index contributed by atoms with van der Waals surface area (Å²) in [4.78, 5) is 3.26. The van der Waals surface area contributed by atoms with E-state index in [4.69, 9.17) is 4.74 Å². The summed E-state index contributed by atoms with van der Waals surface area (Å²) in [7, 11) is 1.57. The topological polar surface area (TPSA) is 45.2 Å². The number of aromatic amines is 1. The number of hydrogen-bond acceptors (Lipinski definition) is 2. The van der Waals surface area contributed by atoms with E-state index in [1.807, 2.05) is 37.4 Å². The first kappa shape index (κ1) is 11.7. The average Bonchev–Trinajstić information content (AvgIpc) is 2.83. The Labute approximate surface area is 111 Å². The van der Waals surface area contributed by atoms with Gasteiger partial charge in [-0.05, 0) is 24.6 Å². The predicted molar refractivity (Wildman–Crippen MR) is 76.7 cm³/mol. The summed E-state index contributed by atoms with van der Waals surface area (Å²) in [5, 5.41) is 11.0. The number of hydrogen-bond donors (Lipinski definition) is 2. The number of H-pyrrole nitrogens is 1. The second-order valence-electron chi connectivity index (χ2n) is 4.54. The molecule has 0 fully saturated rings. The minimum Gasteiger partial charge on any atom is -0.504 e. The van der Waals surface area contributed by atoms with Crippen molar-refractivity contribution in [3.8, 4) is 22.6 Å². The fourth-order valence-corrected chi connectivity index (χ4v) is 2.52. The number of fused-ring (bicyclic) bond motifs is 1. The van der Waals surface area contributed by atoms with Gasteiger partial charge in [0.15, 0.2) is 11.5 Å². The van der Waals surface area contributed by atoms with Gasteiger partial charge in [-0.1, -0.05) is 24.3 Å². The molecule has 1 heterocycles. The number of phenols is 1. The number of phenolic OH excluding ortho intramolecular Hbond substituents is 1. The molecule has 0 saturated heterocycles. The zero-order valence-electron chi connectivity index (χ0n) is 10.9. The molecule has 2 aromatic carbocycles. The monoisotopic (exact) mass is 253 g/mol. The third kappa shape index (κ3) is 1.74. The Morgan fingerprint density at radius 2 is 1.84 bits per heavy atom. The van der Waals surface area contributed by atoms with Gasteiger partial charge in [-0.3, -0.25) is 0 Å². The van der Waals surface area contributed by atoms with Crippen molar-refractivity contribution in [1.29, 1.82) is 0 Å². The Hall–Kier alpha value is -2.42. The van der Waals surface area contributed by atoms with Gasteiger partial charge in [0.1, 0.15) is 0 Å². The van der Waals surface area contributed by atoms with Crippen LogP contribution in [0.2, 0.25) is 0 Å². The minimum atomic E-state index is 0.170. The highest BCUT2D eigenvalue weighted by atomic mass is 16.5. The van der Waals surface area contributed by atoms with Crippen LogP contribution in [-0.4, -0.2) is 17.2 Å². The van der Waals surface area contributed by atoms with Crippen LogP contribution in [0.4, 0.5) is 0 Å². The van der Waals surface area contributed by atoms with Crippen LogP contribution in [0.25, 0.3) is 22.0 Å². The van der Waals surface area contributed by atoms with E-state index in [0.717, 1.165) is 22.2 Å². The average molecular weight is 253 g/mol. The molecule has 2 N–H and O–H groups in total. The lowest BCUT2D eigenvalue weighted by molar-refractivity contribution is 0.371. The van der Waals surface area contributed by atoms with Gasteiger partial charge in [0.05, 0.1) is 7.11 Å². The standard InChI is InChI=1S/C16H15NO2/c1-10-11(7-8-15(18)16(10)19-2)13-9-17-14-6-4-3-5-12(13)14/h3-9,17-18H,1-2H3. The first-order valence-electron chi connectivity index (χ1n) is 6.15. The lowest BCUT2D eigenvalue weighted by atomic mass is 9.99. The van der Waals surface area contributed by atoms with E-state index in [9.17, 15) is 5.11 Å². The third-order valence-electron chi connectivity index (χ3n) is 3.47. The van der Waals surface area contributed by atoms with E-state index in [1.165, 1.54) is 5.39 Å². The van der Waals surface area contributed by atoms with E-state index in [0.29, 0.717) is 5.75 Å². The maximum Gasteiger partial charge on any atom is 0.163 e. The van der Waals surface area contributed by atoms with Crippen molar-refractivity contribution in [2.45, 2.75) is 6.92 Å². The van der Waals surface area contributed by atoms with Crippen molar-refractivity contribution in [3.63, 3.8) is 0 Å². The Balaban J connectivity index is 2.28. The van der Waals surface area contributed by atoms with Gasteiger partial charge in [0, 0.05) is 28.2 Å². The lowest BCUT2D eigenvalue weighted by Crippen LogP contribution is -1.90. The molecule has 1 aromatic heterocycles. The Bertz CT molecular complexity index is 744. The quantitative estimate of drug-likeness (QED) is 0.728. The number of rotatable bonds is 2. The fraction of sp³-hybridized carbons (Fsp3) is 0.125. The molecule has 0 aliphatic carbocycles. The van der Waals surface area contributed by atoms with Crippen molar-refractivity contribution in [2.75, 3.05) is 7.11 Å². The number of benzene rings is 2. The summed E-state index contributed by atoms with van der Waals surface area (Å²) in [5.41, 5.74) is 4.22. The first-order chi connectivity index (χ1) is 9.22. The van der Waals surface area contributed by atoms with Crippen molar-refractivity contribution >= 4 is 10.9 Å². The number of aromatic hydroxyl groups is 1. The highest BCUT2D eigenvalue weighted by molar-refractivity contribution is 5.96. The van der Waals surface area contributed by atoms with Gasteiger partial charge >= 0.3 is 0 Å². The predicted octanol–water partition coefficient (Wildman–Crippen LogP) is 3.86. The molecule has 3 aromatic rings. The van der Waals surface area contributed by atoms with Gasteiger partial charge in [-0.25, -0.2) is 0 Å². The molecule has 0 aliphatic rings. The number of aromatic nitrogens is 1. The highest BCUT2D eigenvalue weighted by Crippen LogP contribution is 2.39. The smallest absolute Gasteiger partial charge is 0.163 e. The Morgan fingerprint density at radius 1 is 1.05 bits per heavy atom. The largest absolute Gasteiger partial charge is 0.504 e. The summed E-state index contributed by atoms with van der Waals surface area (Å²) >= 11 is 0. The van der Waals surface area contributed by atoms with Crippen LogP contribution in [0.15, 0.2) is 42.6 Å². The summed E-state index contributed by atoms with van der Waals surface area (Å²) in [6.07, 6.45) is 1.99. The molecular weight excluding hydrogens is 238 g/mol. The molecule has 0 bridgehead atoms. The zero-order valence-corrected chi connectivity index (χ0v) is 10.9. The van der Waals surface area contributed by atoms with Crippen LogP contribution >= 0.6 is 0 Å². The second-order valence-corrected chi connectivity index (χ2v) is 4.54. The Kier molecular flexibility index (Phi) is 2.67. The first-order valence-corrected chi connectivity index (χ1v) is 6.15. The van der Waals surface area contributed by atoms with E-state index in [-0.39, 0.29) is 5.75 Å². The van der Waals surface area contributed by atoms with Crippen LogP contribution in [0.1, 0.15) is 5.56 Å². The van der Waals surface area contributed by atoms with E-state index >= 15 is 0 Å². The normalized spacial score (nSPS) is 10.8. The van der Waals surface area contributed by atoms with Crippen molar-refractivity contribution in [1.82, 2.24) is 4.98 Å². The molecule has 0 atom stereocenters. The maximum absolute atomic E-state index is 9.79. The van der Waals surface area contributed by atoms with Crippen LogP contribution in [0.5, 0.6) is 11.5 Å². The van der Waals surface area contributed by atoms with E-state index in [1.54, 1.807) is 13.2 Å². The van der Waals surface area contributed by atoms with Gasteiger partial charge in [0.25, 0.3) is 0 Å². The second kappa shape index (κ2) is 4.35. The van der Waals surface area contributed by atoms with Gasteiger partial charge in [0.2, 0.25) is 0 Å². The summed E-state index contributed by atoms with van der Waals surface area (Å²) in [6, 6.07) is 11.7. The van der Waals surface area contributed by atoms with Crippen LogP contribution < -0.4 is 4.74 Å². The summed E-state index contributed by atoms with van der Waals surface area (Å²) < 4.78 is 5.27. The molecule has 19 heavy (non-hydrogen) atoms. The van der Waals surface area contributed by atoms with Gasteiger partial charge in [-0.2, -0.15) is 0 Å². The zero-order chi connectivity index (χ0) is 13.4. The molecule has 0 radical (unpaired) electrons. The van der Waals surface area contributed by atoms with Gasteiger partial charge in [-0.15, -0.1) is 0 Å². The minimum absolute atomic E-state index is 0.170. The number of nitrogens with one attached hydrogen (secondary N) is 1. The number of methoxy groups -OCH3 is 1. The van der Waals surface area contributed by atoms with E-state index < -0.39 is 0 Å². The van der Waals surface area contributed by atoms with Gasteiger partial charge < -0.3 is 14.8 Å². The molecule has 3 nitrogen and oxygen atoms in total. The molecule has 0 aliphatic heterocycles. The molecular formula is C16H15NO2. The van der Waals surface area contributed by atoms with Crippen LogP contribution in [0.3, 0.4) is 0 Å². The lowest BCUT2D eigenvalue weighted by Gasteiger charge is -2.11. The fourth-order valence-electron chi connectivity index (χ4n) is 2.52. The Morgan fingerprint density at radius 3 is 2.63 bits per heavy atom. The summed E-state index contributed by atoms with van der Waals surface area (Å²) in [6.45, 7) is 1.95. The van der Waals surface area contributed by atoms with Crippen molar-refractivity contribution in [2.24, 2.45) is 0 Å². The molecule has 96 valence electrons. The number of para-hydroxylation sites is 1. The summed E-state index contributed by atoms with van der Waals surface area (Å²) in [5.74, 6) is 0.700. The van der Waals surface area contributed by atoms with Crippen molar-refractivity contribution < 1.29 is 9.84 Å². The molecule has 0 spiro atoms. The molecule has 3 heteroatoms. The molecule has 0 saturated carbocycles. The third-order valence-corrected chi connectivity index (χ3v) is 3.47.